The number of aliphatic hydroxyl groups is 1. The summed E-state index contributed by atoms with van der Waals surface area (Å²) in [4.78, 5) is 35.3. The van der Waals surface area contributed by atoms with Crippen LogP contribution in [0.2, 0.25) is 0 Å². The van der Waals surface area contributed by atoms with Crippen LogP contribution in [0.3, 0.4) is 0 Å². The molecule has 4 rings (SSSR count). The Bertz CT molecular complexity index is 1340. The van der Waals surface area contributed by atoms with Crippen LogP contribution < -0.4 is 15.4 Å². The summed E-state index contributed by atoms with van der Waals surface area (Å²) in [5.74, 6) is -0.100. The average Bonchev–Trinajstić information content (AvgIpc) is 3.19. The van der Waals surface area contributed by atoms with Gasteiger partial charge in [-0.3, -0.25) is 19.6 Å². The van der Waals surface area contributed by atoms with E-state index >= 15 is 0 Å². The number of H-pyrrole nitrogens is 1. The Morgan fingerprint density at radius 1 is 1.06 bits per heavy atom. The lowest BCUT2D eigenvalue weighted by Gasteiger charge is -2.27. The van der Waals surface area contributed by atoms with E-state index < -0.39 is 5.91 Å². The molecule has 0 radical (unpaired) electrons. The fourth-order valence-corrected chi connectivity index (χ4v) is 4.55. The summed E-state index contributed by atoms with van der Waals surface area (Å²) in [5.41, 5.74) is 4.57. The molecule has 8 heteroatoms. The topological polar surface area (TPSA) is 93.9 Å². The van der Waals surface area contributed by atoms with E-state index in [1.807, 2.05) is 32.0 Å². The van der Waals surface area contributed by atoms with Gasteiger partial charge in [-0.1, -0.05) is 24.8 Å². The summed E-state index contributed by atoms with van der Waals surface area (Å²) >= 11 is 0. The number of carbonyl (C=O) groups is 1. The van der Waals surface area contributed by atoms with Gasteiger partial charge in [0.05, 0.1) is 30.1 Å². The van der Waals surface area contributed by atoms with Gasteiger partial charge in [0.2, 0.25) is 0 Å². The summed E-state index contributed by atoms with van der Waals surface area (Å²) in [5, 5.41) is 12.7. The molecule has 1 aliphatic rings. The highest BCUT2D eigenvalue weighted by atomic mass is 16.3. The maximum atomic E-state index is 13.5. The van der Waals surface area contributed by atoms with Gasteiger partial charge in [-0.25, -0.2) is 9.67 Å². The van der Waals surface area contributed by atoms with Crippen LogP contribution in [-0.2, 0) is 4.79 Å². The number of carbonyl (C=O) groups excluding carboxylic acids is 1. The predicted octanol–water partition coefficient (Wildman–Crippen LogP) is 3.75. The average molecular weight is 474 g/mol. The number of aliphatic hydroxyl groups excluding tert-OH is 1. The monoisotopic (exact) mass is 473 g/mol. The number of aromatic nitrogens is 2. The highest BCUT2D eigenvalue weighted by Crippen LogP contribution is 2.34. The van der Waals surface area contributed by atoms with Gasteiger partial charge in [-0.15, -0.1) is 0 Å². The zero-order valence-corrected chi connectivity index (χ0v) is 20.6. The summed E-state index contributed by atoms with van der Waals surface area (Å²) < 4.78 is 1.38. The number of nitrogens with zero attached hydrogens (tertiary/aromatic N) is 4. The van der Waals surface area contributed by atoms with Gasteiger partial charge < -0.3 is 10.0 Å². The first-order valence-corrected chi connectivity index (χ1v) is 11.8. The number of anilines is 2. The second-order valence-corrected chi connectivity index (χ2v) is 8.53. The second-order valence-electron chi connectivity index (χ2n) is 8.53. The SMILES string of the molecule is C=C1C(=Nc2c(C)cc(N(CC)CC)cc2C)C(=O)N(CCO)c2[nH]n(-c3ccccc3)c(=O)c21. The van der Waals surface area contributed by atoms with Crippen LogP contribution >= 0.6 is 0 Å². The molecule has 1 aromatic heterocycles. The summed E-state index contributed by atoms with van der Waals surface area (Å²) in [6.07, 6.45) is 0. The third-order valence-corrected chi connectivity index (χ3v) is 6.34. The van der Waals surface area contributed by atoms with Crippen molar-refractivity contribution >= 4 is 34.4 Å². The Morgan fingerprint density at radius 3 is 2.26 bits per heavy atom. The predicted molar refractivity (Wildman–Crippen MR) is 141 cm³/mol. The van der Waals surface area contributed by atoms with Gasteiger partial charge in [-0.05, 0) is 63.1 Å². The molecule has 1 aliphatic heterocycles. The summed E-state index contributed by atoms with van der Waals surface area (Å²) in [7, 11) is 0. The van der Waals surface area contributed by atoms with Crippen molar-refractivity contribution in [3.05, 3.63) is 76.1 Å². The molecule has 0 unspecified atom stereocenters. The van der Waals surface area contributed by atoms with Crippen molar-refractivity contribution in [1.82, 2.24) is 9.78 Å². The molecule has 3 aromatic rings. The first-order valence-electron chi connectivity index (χ1n) is 11.8. The standard InChI is InChI=1S/C27H31N5O3/c1-6-30(7-2)21-15-17(3)23(18(4)16-21)28-24-19(5)22-25(31(13-14-33)27(24)35)29-32(26(22)34)20-11-9-8-10-12-20/h8-12,15-16,29,33H,5-7,13-14H2,1-4H3. The molecule has 2 N–H and O–H groups in total. The van der Waals surface area contributed by atoms with Crippen molar-refractivity contribution in [2.75, 3.05) is 36.0 Å². The van der Waals surface area contributed by atoms with Crippen LogP contribution in [0.1, 0.15) is 30.5 Å². The highest BCUT2D eigenvalue weighted by molar-refractivity contribution is 6.61. The Balaban J connectivity index is 1.86. The van der Waals surface area contributed by atoms with Crippen molar-refractivity contribution < 1.29 is 9.90 Å². The van der Waals surface area contributed by atoms with E-state index in [-0.39, 0.29) is 35.6 Å². The van der Waals surface area contributed by atoms with E-state index in [2.05, 4.69) is 42.6 Å². The molecule has 0 aliphatic carbocycles. The molecular formula is C27H31N5O3. The van der Waals surface area contributed by atoms with Crippen LogP contribution in [-0.4, -0.2) is 52.7 Å². The van der Waals surface area contributed by atoms with E-state index in [1.54, 1.807) is 12.1 Å². The molecule has 0 saturated heterocycles. The van der Waals surface area contributed by atoms with Crippen molar-refractivity contribution in [3.63, 3.8) is 0 Å². The smallest absolute Gasteiger partial charge is 0.281 e. The number of nitrogens with one attached hydrogen (secondary N) is 1. The highest BCUT2D eigenvalue weighted by Gasteiger charge is 2.37. The van der Waals surface area contributed by atoms with Gasteiger partial charge in [0.25, 0.3) is 11.5 Å². The summed E-state index contributed by atoms with van der Waals surface area (Å²) in [6, 6.07) is 13.2. The fraction of sp³-hybridized carbons (Fsp3) is 0.296. The molecule has 0 bridgehead atoms. The molecule has 0 spiro atoms. The number of para-hydroxylation sites is 1. The minimum absolute atomic E-state index is 0.0196. The van der Waals surface area contributed by atoms with E-state index in [0.717, 1.165) is 29.9 Å². The molecular weight excluding hydrogens is 442 g/mol. The quantitative estimate of drug-likeness (QED) is 0.546. The molecule has 1 amide bonds. The van der Waals surface area contributed by atoms with Crippen LogP contribution in [0.5, 0.6) is 0 Å². The Hall–Kier alpha value is -3.91. The third-order valence-electron chi connectivity index (χ3n) is 6.34. The first kappa shape index (κ1) is 24.2. The largest absolute Gasteiger partial charge is 0.395 e. The number of fused-ring (bicyclic) bond motifs is 1. The zero-order valence-electron chi connectivity index (χ0n) is 20.6. The van der Waals surface area contributed by atoms with E-state index in [9.17, 15) is 14.7 Å². The zero-order chi connectivity index (χ0) is 25.3. The van der Waals surface area contributed by atoms with Crippen molar-refractivity contribution in [3.8, 4) is 5.69 Å². The maximum Gasteiger partial charge on any atom is 0.281 e. The van der Waals surface area contributed by atoms with Crippen molar-refractivity contribution in [2.24, 2.45) is 4.99 Å². The number of β-amino-alcohol motifs (C(OH)–C–C–N with tert-alkyl or cyclic N) is 1. The molecule has 2 aromatic carbocycles. The van der Waals surface area contributed by atoms with E-state index in [0.29, 0.717) is 17.2 Å². The molecule has 35 heavy (non-hydrogen) atoms. The van der Waals surface area contributed by atoms with Gasteiger partial charge in [-0.2, -0.15) is 0 Å². The molecule has 182 valence electrons. The van der Waals surface area contributed by atoms with Gasteiger partial charge in [0, 0.05) is 24.4 Å². The fourth-order valence-electron chi connectivity index (χ4n) is 4.55. The van der Waals surface area contributed by atoms with Crippen LogP contribution in [0.4, 0.5) is 17.2 Å². The normalized spacial score (nSPS) is 14.5. The minimum Gasteiger partial charge on any atom is -0.395 e. The molecule has 0 atom stereocenters. The number of hydrogen-bond donors (Lipinski definition) is 2. The minimum atomic E-state index is -0.412. The molecule has 0 saturated carbocycles. The van der Waals surface area contributed by atoms with Gasteiger partial charge in [0.1, 0.15) is 11.5 Å². The van der Waals surface area contributed by atoms with Crippen LogP contribution in [0.25, 0.3) is 11.3 Å². The molecule has 8 nitrogen and oxygen atoms in total. The Kier molecular flexibility index (Phi) is 6.75. The van der Waals surface area contributed by atoms with Gasteiger partial charge >= 0.3 is 0 Å². The van der Waals surface area contributed by atoms with Gasteiger partial charge in [0.15, 0.2) is 0 Å². The Labute approximate surface area is 204 Å². The van der Waals surface area contributed by atoms with Crippen LogP contribution in [0, 0.1) is 13.8 Å². The van der Waals surface area contributed by atoms with Crippen LogP contribution in [0.15, 0.2) is 58.8 Å². The number of hydrogen-bond acceptors (Lipinski definition) is 5. The van der Waals surface area contributed by atoms with Crippen molar-refractivity contribution in [1.29, 1.82) is 0 Å². The number of rotatable bonds is 7. The summed E-state index contributed by atoms with van der Waals surface area (Å²) in [6.45, 7) is 13.8. The van der Waals surface area contributed by atoms with E-state index in [4.69, 9.17) is 4.99 Å². The Morgan fingerprint density at radius 2 is 1.69 bits per heavy atom. The number of aliphatic imine (C=N–C) groups is 1. The first-order chi connectivity index (χ1) is 16.8. The number of aromatic amines is 1. The lowest BCUT2D eigenvalue weighted by Crippen LogP contribution is -2.43. The molecule has 0 fully saturated rings. The molecule has 2 heterocycles. The lowest BCUT2D eigenvalue weighted by atomic mass is 9.98. The lowest BCUT2D eigenvalue weighted by molar-refractivity contribution is -0.112. The third kappa shape index (κ3) is 4.21. The second kappa shape index (κ2) is 9.76. The number of aryl methyl sites for hydroxylation is 2. The van der Waals surface area contributed by atoms with E-state index in [1.165, 1.54) is 9.58 Å². The number of amides is 1. The number of benzene rings is 2. The maximum absolute atomic E-state index is 13.5. The van der Waals surface area contributed by atoms with Crippen molar-refractivity contribution in [2.45, 2.75) is 27.7 Å².